The van der Waals surface area contributed by atoms with Gasteiger partial charge in [0.25, 0.3) is 5.56 Å². The number of rotatable bonds is 4. The molecule has 1 amide bonds. The number of nitrogens with one attached hydrogen (secondary N) is 1. The summed E-state index contributed by atoms with van der Waals surface area (Å²) in [5, 5.41) is 7.61. The molecule has 1 N–H and O–H groups in total. The highest BCUT2D eigenvalue weighted by molar-refractivity contribution is 5.90. The van der Waals surface area contributed by atoms with Crippen LogP contribution in [0.4, 0.5) is 10.2 Å². The van der Waals surface area contributed by atoms with Crippen molar-refractivity contribution < 1.29 is 9.18 Å². The molecule has 0 aliphatic heterocycles. The zero-order valence-corrected chi connectivity index (χ0v) is 17.8. The first kappa shape index (κ1) is 20.4. The average Bonchev–Trinajstić information content (AvgIpc) is 3.25. The van der Waals surface area contributed by atoms with E-state index >= 15 is 0 Å². The fourth-order valence-electron chi connectivity index (χ4n) is 3.67. The molecule has 0 aliphatic rings. The lowest BCUT2D eigenvalue weighted by atomic mass is 10.1. The van der Waals surface area contributed by atoms with E-state index in [0.717, 1.165) is 23.0 Å². The zero-order valence-electron chi connectivity index (χ0n) is 17.8. The molecule has 0 spiro atoms. The Labute approximate surface area is 186 Å². The molecular formula is C23H18FN7O2. The SMILES string of the molecule is Cc1cc(-c2cc3n(CC(=O)Nc4ccc(F)cn4)c(=O)c4cccnc4n3n2)c(C)cn1. The topological polar surface area (TPSA) is 107 Å². The summed E-state index contributed by atoms with van der Waals surface area (Å²) >= 11 is 0. The number of carbonyl (C=O) groups excluding carboxylic acids is 1. The standard InChI is InChI=1S/C23H18FN7O2/c1-13-10-26-14(2)8-17(13)18-9-21-30(12-20(32)28-19-6-5-15(24)11-27-19)23(33)16-4-3-7-25-22(16)31(21)29-18/h3-11H,12H2,1-2H3,(H,27,28,32). The predicted octanol–water partition coefficient (Wildman–Crippen LogP) is 2.90. The summed E-state index contributed by atoms with van der Waals surface area (Å²) in [5.41, 5.74) is 3.69. The molecule has 0 aromatic carbocycles. The quantitative estimate of drug-likeness (QED) is 0.458. The van der Waals surface area contributed by atoms with Crippen LogP contribution >= 0.6 is 0 Å². The van der Waals surface area contributed by atoms with Crippen LogP contribution in [0, 0.1) is 19.7 Å². The summed E-state index contributed by atoms with van der Waals surface area (Å²) in [6, 6.07) is 9.51. The highest BCUT2D eigenvalue weighted by Gasteiger charge is 2.18. The van der Waals surface area contributed by atoms with Gasteiger partial charge in [-0.1, -0.05) is 0 Å². The highest BCUT2D eigenvalue weighted by atomic mass is 19.1. The van der Waals surface area contributed by atoms with E-state index in [0.29, 0.717) is 22.4 Å². The van der Waals surface area contributed by atoms with Crippen LogP contribution in [0.5, 0.6) is 0 Å². The van der Waals surface area contributed by atoms with Crippen LogP contribution in [0.1, 0.15) is 11.3 Å². The van der Waals surface area contributed by atoms with E-state index in [4.69, 9.17) is 5.10 Å². The van der Waals surface area contributed by atoms with Gasteiger partial charge in [-0.2, -0.15) is 9.61 Å². The number of carbonyl (C=O) groups is 1. The molecule has 0 radical (unpaired) electrons. The molecule has 10 heteroatoms. The first-order valence-electron chi connectivity index (χ1n) is 10.1. The highest BCUT2D eigenvalue weighted by Crippen LogP contribution is 2.24. The Bertz CT molecular complexity index is 1590. The molecule has 0 saturated heterocycles. The van der Waals surface area contributed by atoms with Crippen LogP contribution in [0.25, 0.3) is 27.9 Å². The first-order valence-corrected chi connectivity index (χ1v) is 10.1. The number of pyridine rings is 3. The summed E-state index contributed by atoms with van der Waals surface area (Å²) in [7, 11) is 0. The van der Waals surface area contributed by atoms with Crippen LogP contribution in [0.2, 0.25) is 0 Å². The Kier molecular flexibility index (Phi) is 4.89. The summed E-state index contributed by atoms with van der Waals surface area (Å²) in [6.07, 6.45) is 4.35. The summed E-state index contributed by atoms with van der Waals surface area (Å²) in [4.78, 5) is 38.5. The van der Waals surface area contributed by atoms with Gasteiger partial charge in [0.2, 0.25) is 5.91 Å². The van der Waals surface area contributed by atoms with E-state index in [1.54, 1.807) is 35.1 Å². The number of halogens is 1. The molecule has 33 heavy (non-hydrogen) atoms. The van der Waals surface area contributed by atoms with Crippen molar-refractivity contribution in [2.24, 2.45) is 0 Å². The third-order valence-corrected chi connectivity index (χ3v) is 5.24. The maximum Gasteiger partial charge on any atom is 0.263 e. The van der Waals surface area contributed by atoms with Gasteiger partial charge in [0.05, 0.1) is 17.3 Å². The lowest BCUT2D eigenvalue weighted by Crippen LogP contribution is -2.29. The zero-order chi connectivity index (χ0) is 23.1. The van der Waals surface area contributed by atoms with Crippen molar-refractivity contribution >= 4 is 28.4 Å². The van der Waals surface area contributed by atoms with E-state index in [-0.39, 0.29) is 17.9 Å². The second-order valence-corrected chi connectivity index (χ2v) is 7.62. The summed E-state index contributed by atoms with van der Waals surface area (Å²) in [6.45, 7) is 3.53. The van der Waals surface area contributed by atoms with Crippen LogP contribution < -0.4 is 10.9 Å². The van der Waals surface area contributed by atoms with Crippen molar-refractivity contribution in [1.29, 1.82) is 0 Å². The van der Waals surface area contributed by atoms with Crippen molar-refractivity contribution in [1.82, 2.24) is 29.1 Å². The number of hydrogen-bond donors (Lipinski definition) is 1. The van der Waals surface area contributed by atoms with Gasteiger partial charge in [-0.3, -0.25) is 19.1 Å². The molecule has 5 heterocycles. The molecule has 0 aliphatic carbocycles. The third-order valence-electron chi connectivity index (χ3n) is 5.24. The minimum Gasteiger partial charge on any atom is -0.309 e. The first-order chi connectivity index (χ1) is 15.9. The molecular weight excluding hydrogens is 425 g/mol. The normalized spacial score (nSPS) is 11.2. The van der Waals surface area contributed by atoms with Gasteiger partial charge < -0.3 is 5.32 Å². The number of nitrogens with zero attached hydrogens (tertiary/aromatic N) is 6. The minimum atomic E-state index is -0.513. The maximum atomic E-state index is 13.3. The largest absolute Gasteiger partial charge is 0.309 e. The Morgan fingerprint density at radius 3 is 2.73 bits per heavy atom. The Balaban J connectivity index is 1.65. The minimum absolute atomic E-state index is 0.185. The molecule has 0 saturated carbocycles. The van der Waals surface area contributed by atoms with Crippen molar-refractivity contribution in [3.63, 3.8) is 0 Å². The number of amides is 1. The average molecular weight is 443 g/mol. The number of fused-ring (bicyclic) bond motifs is 3. The van der Waals surface area contributed by atoms with Crippen molar-refractivity contribution in [2.45, 2.75) is 20.4 Å². The Morgan fingerprint density at radius 1 is 1.09 bits per heavy atom. The number of aryl methyl sites for hydroxylation is 2. The predicted molar refractivity (Wildman–Crippen MR) is 120 cm³/mol. The molecule has 5 aromatic rings. The van der Waals surface area contributed by atoms with Crippen LogP contribution in [-0.4, -0.2) is 35.0 Å². The molecule has 164 valence electrons. The second-order valence-electron chi connectivity index (χ2n) is 7.62. The van der Waals surface area contributed by atoms with Crippen molar-refractivity contribution in [3.05, 3.63) is 82.4 Å². The van der Waals surface area contributed by atoms with Crippen LogP contribution in [0.3, 0.4) is 0 Å². The monoisotopic (exact) mass is 443 g/mol. The fraction of sp³-hybridized carbons (Fsp3) is 0.130. The van der Waals surface area contributed by atoms with Gasteiger partial charge in [0, 0.05) is 29.7 Å². The molecule has 0 atom stereocenters. The Hall–Kier alpha value is -4.47. The maximum absolute atomic E-state index is 13.3. The van der Waals surface area contributed by atoms with Gasteiger partial charge in [0.1, 0.15) is 23.8 Å². The van der Waals surface area contributed by atoms with Gasteiger partial charge in [-0.15, -0.1) is 0 Å². The molecule has 0 fully saturated rings. The molecule has 5 rings (SSSR count). The lowest BCUT2D eigenvalue weighted by molar-refractivity contribution is -0.116. The molecule has 0 unspecified atom stereocenters. The van der Waals surface area contributed by atoms with Crippen LogP contribution in [0.15, 0.2) is 59.8 Å². The van der Waals surface area contributed by atoms with E-state index in [1.165, 1.54) is 16.7 Å². The van der Waals surface area contributed by atoms with E-state index in [9.17, 15) is 14.0 Å². The van der Waals surface area contributed by atoms with Gasteiger partial charge in [0.15, 0.2) is 5.65 Å². The number of hydrogen-bond acceptors (Lipinski definition) is 6. The van der Waals surface area contributed by atoms with Gasteiger partial charge in [-0.05, 0) is 49.7 Å². The van der Waals surface area contributed by atoms with Crippen molar-refractivity contribution in [2.75, 3.05) is 5.32 Å². The van der Waals surface area contributed by atoms with Crippen molar-refractivity contribution in [3.8, 4) is 11.3 Å². The fourth-order valence-corrected chi connectivity index (χ4v) is 3.67. The van der Waals surface area contributed by atoms with Gasteiger partial charge >= 0.3 is 0 Å². The van der Waals surface area contributed by atoms with Crippen LogP contribution in [-0.2, 0) is 11.3 Å². The smallest absolute Gasteiger partial charge is 0.263 e. The number of aromatic nitrogens is 6. The third kappa shape index (κ3) is 3.71. The molecule has 9 nitrogen and oxygen atoms in total. The second kappa shape index (κ2) is 7.90. The number of anilines is 1. The Morgan fingerprint density at radius 2 is 1.94 bits per heavy atom. The van der Waals surface area contributed by atoms with E-state index in [2.05, 4.69) is 20.3 Å². The summed E-state index contributed by atoms with van der Waals surface area (Å²) < 4.78 is 16.0. The molecule has 0 bridgehead atoms. The van der Waals surface area contributed by atoms with E-state index < -0.39 is 11.7 Å². The van der Waals surface area contributed by atoms with E-state index in [1.807, 2.05) is 19.9 Å². The lowest BCUT2D eigenvalue weighted by Gasteiger charge is -2.10. The summed E-state index contributed by atoms with van der Waals surface area (Å²) in [5.74, 6) is -0.813. The molecule has 5 aromatic heterocycles. The van der Waals surface area contributed by atoms with Gasteiger partial charge in [-0.25, -0.2) is 14.4 Å².